The summed E-state index contributed by atoms with van der Waals surface area (Å²) < 4.78 is 0. The van der Waals surface area contributed by atoms with Crippen LogP contribution < -0.4 is 5.73 Å². The van der Waals surface area contributed by atoms with E-state index in [0.717, 1.165) is 13.1 Å². The van der Waals surface area contributed by atoms with E-state index >= 15 is 0 Å². The molecule has 82 valence electrons. The summed E-state index contributed by atoms with van der Waals surface area (Å²) in [5, 5.41) is 0. The summed E-state index contributed by atoms with van der Waals surface area (Å²) in [5.74, 6) is 0.705. The molecule has 0 aliphatic carbocycles. The lowest BCUT2D eigenvalue weighted by atomic mass is 10.1. The van der Waals surface area contributed by atoms with Crippen molar-refractivity contribution in [3.05, 3.63) is 35.9 Å². The van der Waals surface area contributed by atoms with E-state index in [2.05, 4.69) is 42.2 Å². The number of benzene rings is 1. The molecule has 0 spiro atoms. The van der Waals surface area contributed by atoms with Gasteiger partial charge in [-0.2, -0.15) is 0 Å². The smallest absolute Gasteiger partial charge is 0.0320 e. The Bertz CT molecular complexity index is 297. The van der Waals surface area contributed by atoms with Crippen molar-refractivity contribution in [3.63, 3.8) is 0 Å². The van der Waals surface area contributed by atoms with Crippen LogP contribution in [-0.4, -0.2) is 24.5 Å². The lowest BCUT2D eigenvalue weighted by molar-refractivity contribution is 0.253. The van der Waals surface area contributed by atoms with E-state index in [1.54, 1.807) is 0 Å². The Morgan fingerprint density at radius 3 is 2.73 bits per heavy atom. The molecule has 2 heteroatoms. The Kier molecular flexibility index (Phi) is 3.39. The standard InChI is InChI=1S/C13H20N2/c1-11(13-5-3-2-4-6-13)15-8-7-12(9-14)10-15/h2-6,11-12H,7-10,14H2,1H3/t11-,12-/m0/s1. The van der Waals surface area contributed by atoms with Crippen molar-refractivity contribution >= 4 is 0 Å². The van der Waals surface area contributed by atoms with E-state index in [9.17, 15) is 0 Å². The molecule has 1 saturated heterocycles. The van der Waals surface area contributed by atoms with Gasteiger partial charge in [-0.25, -0.2) is 0 Å². The molecule has 1 aliphatic rings. The van der Waals surface area contributed by atoms with Crippen molar-refractivity contribution < 1.29 is 0 Å². The Morgan fingerprint density at radius 2 is 2.13 bits per heavy atom. The Balaban J connectivity index is 2.00. The molecule has 2 atom stereocenters. The minimum absolute atomic E-state index is 0.530. The minimum Gasteiger partial charge on any atom is -0.330 e. The molecule has 15 heavy (non-hydrogen) atoms. The Hall–Kier alpha value is -0.860. The summed E-state index contributed by atoms with van der Waals surface area (Å²) in [6, 6.07) is 11.2. The highest BCUT2D eigenvalue weighted by Gasteiger charge is 2.25. The third-order valence-corrected chi connectivity index (χ3v) is 3.48. The van der Waals surface area contributed by atoms with Gasteiger partial charge in [0, 0.05) is 12.6 Å². The number of nitrogens with two attached hydrogens (primary N) is 1. The quantitative estimate of drug-likeness (QED) is 0.816. The highest BCUT2D eigenvalue weighted by atomic mass is 15.2. The van der Waals surface area contributed by atoms with Gasteiger partial charge in [0.2, 0.25) is 0 Å². The van der Waals surface area contributed by atoms with E-state index in [1.807, 2.05) is 0 Å². The van der Waals surface area contributed by atoms with E-state index in [4.69, 9.17) is 5.73 Å². The molecule has 1 aromatic carbocycles. The molecule has 2 N–H and O–H groups in total. The topological polar surface area (TPSA) is 29.3 Å². The van der Waals surface area contributed by atoms with Crippen LogP contribution in [0.3, 0.4) is 0 Å². The SMILES string of the molecule is C[C@@H](c1ccccc1)N1CC[C@@H](CN)C1. The molecule has 0 aromatic heterocycles. The summed E-state index contributed by atoms with van der Waals surface area (Å²) in [7, 11) is 0. The minimum atomic E-state index is 0.530. The number of hydrogen-bond donors (Lipinski definition) is 1. The fraction of sp³-hybridized carbons (Fsp3) is 0.538. The van der Waals surface area contributed by atoms with Gasteiger partial charge in [0.1, 0.15) is 0 Å². The second-order valence-corrected chi connectivity index (χ2v) is 4.47. The van der Waals surface area contributed by atoms with Crippen molar-refractivity contribution in [1.29, 1.82) is 0 Å². The molecular formula is C13H20N2. The average Bonchev–Trinajstić information content (AvgIpc) is 2.78. The zero-order valence-corrected chi connectivity index (χ0v) is 9.39. The van der Waals surface area contributed by atoms with Crippen LogP contribution in [-0.2, 0) is 0 Å². The van der Waals surface area contributed by atoms with Gasteiger partial charge in [-0.05, 0) is 37.9 Å². The second kappa shape index (κ2) is 4.77. The molecule has 0 bridgehead atoms. The van der Waals surface area contributed by atoms with Crippen LogP contribution in [0.1, 0.15) is 24.9 Å². The fourth-order valence-corrected chi connectivity index (χ4v) is 2.35. The summed E-state index contributed by atoms with van der Waals surface area (Å²) in [6.45, 7) is 5.47. The monoisotopic (exact) mass is 204 g/mol. The van der Waals surface area contributed by atoms with Crippen LogP contribution in [0.4, 0.5) is 0 Å². The fourth-order valence-electron chi connectivity index (χ4n) is 2.35. The Morgan fingerprint density at radius 1 is 1.40 bits per heavy atom. The second-order valence-electron chi connectivity index (χ2n) is 4.47. The van der Waals surface area contributed by atoms with Gasteiger partial charge < -0.3 is 5.73 Å². The van der Waals surface area contributed by atoms with Crippen molar-refractivity contribution in [2.24, 2.45) is 11.7 Å². The van der Waals surface area contributed by atoms with Crippen LogP contribution in [0.15, 0.2) is 30.3 Å². The third-order valence-electron chi connectivity index (χ3n) is 3.48. The highest BCUT2D eigenvalue weighted by Crippen LogP contribution is 2.26. The largest absolute Gasteiger partial charge is 0.330 e. The summed E-state index contributed by atoms with van der Waals surface area (Å²) in [4.78, 5) is 2.53. The molecule has 2 nitrogen and oxygen atoms in total. The lowest BCUT2D eigenvalue weighted by Crippen LogP contribution is -2.26. The van der Waals surface area contributed by atoms with Gasteiger partial charge >= 0.3 is 0 Å². The van der Waals surface area contributed by atoms with Crippen LogP contribution in [0, 0.1) is 5.92 Å². The van der Waals surface area contributed by atoms with E-state index in [0.29, 0.717) is 12.0 Å². The van der Waals surface area contributed by atoms with Gasteiger partial charge in [0.25, 0.3) is 0 Å². The molecule has 1 heterocycles. The molecule has 1 fully saturated rings. The summed E-state index contributed by atoms with van der Waals surface area (Å²) >= 11 is 0. The molecule has 1 aliphatic heterocycles. The Labute approximate surface area is 92.1 Å². The first-order valence-electron chi connectivity index (χ1n) is 5.80. The summed E-state index contributed by atoms with van der Waals surface area (Å²) in [5.41, 5.74) is 7.12. The molecule has 0 unspecified atom stereocenters. The van der Waals surface area contributed by atoms with Crippen molar-refractivity contribution in [2.75, 3.05) is 19.6 Å². The predicted octanol–water partition coefficient (Wildman–Crippen LogP) is 2.03. The third kappa shape index (κ3) is 2.39. The van der Waals surface area contributed by atoms with Gasteiger partial charge in [-0.1, -0.05) is 30.3 Å². The van der Waals surface area contributed by atoms with Gasteiger partial charge in [0.15, 0.2) is 0 Å². The molecule has 0 amide bonds. The van der Waals surface area contributed by atoms with Crippen molar-refractivity contribution in [3.8, 4) is 0 Å². The number of nitrogens with zero attached hydrogens (tertiary/aromatic N) is 1. The maximum atomic E-state index is 5.71. The van der Waals surface area contributed by atoms with Crippen molar-refractivity contribution in [1.82, 2.24) is 4.90 Å². The maximum Gasteiger partial charge on any atom is 0.0320 e. The first kappa shape index (κ1) is 10.7. The zero-order valence-electron chi connectivity index (χ0n) is 9.39. The van der Waals surface area contributed by atoms with Gasteiger partial charge in [0.05, 0.1) is 0 Å². The maximum absolute atomic E-state index is 5.71. The van der Waals surface area contributed by atoms with Crippen LogP contribution in [0.25, 0.3) is 0 Å². The summed E-state index contributed by atoms with van der Waals surface area (Å²) in [6.07, 6.45) is 1.26. The van der Waals surface area contributed by atoms with E-state index < -0.39 is 0 Å². The van der Waals surface area contributed by atoms with Crippen LogP contribution in [0.5, 0.6) is 0 Å². The molecular weight excluding hydrogens is 184 g/mol. The van der Waals surface area contributed by atoms with E-state index in [1.165, 1.54) is 18.5 Å². The lowest BCUT2D eigenvalue weighted by Gasteiger charge is -2.24. The van der Waals surface area contributed by atoms with Crippen LogP contribution >= 0.6 is 0 Å². The van der Waals surface area contributed by atoms with Gasteiger partial charge in [-0.3, -0.25) is 4.90 Å². The van der Waals surface area contributed by atoms with Crippen molar-refractivity contribution in [2.45, 2.75) is 19.4 Å². The predicted molar refractivity (Wildman–Crippen MR) is 63.6 cm³/mol. The first-order valence-corrected chi connectivity index (χ1v) is 5.80. The highest BCUT2D eigenvalue weighted by molar-refractivity contribution is 5.18. The van der Waals surface area contributed by atoms with Crippen LogP contribution in [0.2, 0.25) is 0 Å². The molecule has 1 aromatic rings. The normalized spacial score (nSPS) is 24.3. The average molecular weight is 204 g/mol. The number of rotatable bonds is 3. The number of likely N-dealkylation sites (tertiary alicyclic amines) is 1. The molecule has 0 saturated carbocycles. The van der Waals surface area contributed by atoms with Gasteiger partial charge in [-0.15, -0.1) is 0 Å². The van der Waals surface area contributed by atoms with E-state index in [-0.39, 0.29) is 0 Å². The number of hydrogen-bond acceptors (Lipinski definition) is 2. The molecule has 0 radical (unpaired) electrons. The molecule has 2 rings (SSSR count). The zero-order chi connectivity index (χ0) is 10.7. The first-order chi connectivity index (χ1) is 7.31.